The first-order chi connectivity index (χ1) is 6.14. The Hall–Kier alpha value is 0.0969. The first kappa shape index (κ1) is 11.2. The molecule has 0 aromatic heterocycles. The fraction of sp³-hybridized carbons (Fsp3) is 1.00. The van der Waals surface area contributed by atoms with Crippen LogP contribution >= 0.6 is 0 Å². The van der Waals surface area contributed by atoms with Crippen molar-refractivity contribution in [3.63, 3.8) is 0 Å². The van der Waals surface area contributed by atoms with Crippen molar-refractivity contribution in [2.45, 2.75) is 19.1 Å². The average molecular weight is 202 g/mol. The van der Waals surface area contributed by atoms with E-state index in [2.05, 4.69) is 23.3 Å². The zero-order chi connectivity index (χ0) is 9.73. The van der Waals surface area contributed by atoms with E-state index in [1.54, 1.807) is 0 Å². The van der Waals surface area contributed by atoms with Crippen LogP contribution in [0.5, 0.6) is 0 Å². The van der Waals surface area contributed by atoms with Gasteiger partial charge < -0.3 is 14.6 Å². The monoisotopic (exact) mass is 202 g/mol. The standard InChI is InChI=1S/C9H22N2OSi/c1-12-13(2,3)9-8-11-6-4-10-5-7-11/h10H,4-9H2,1-3H3. The summed E-state index contributed by atoms with van der Waals surface area (Å²) in [6, 6.07) is 1.25. The van der Waals surface area contributed by atoms with Crippen LogP contribution in [0.25, 0.3) is 0 Å². The predicted molar refractivity (Wildman–Crippen MR) is 58.6 cm³/mol. The van der Waals surface area contributed by atoms with Gasteiger partial charge in [0.2, 0.25) is 0 Å². The molecule has 78 valence electrons. The molecule has 0 radical (unpaired) electrons. The topological polar surface area (TPSA) is 24.5 Å². The molecule has 0 unspecified atom stereocenters. The van der Waals surface area contributed by atoms with E-state index in [0.717, 1.165) is 13.1 Å². The van der Waals surface area contributed by atoms with Crippen LogP contribution in [0, 0.1) is 0 Å². The quantitative estimate of drug-likeness (QED) is 0.681. The lowest BCUT2D eigenvalue weighted by Crippen LogP contribution is -2.45. The fourth-order valence-electron chi connectivity index (χ4n) is 1.46. The van der Waals surface area contributed by atoms with E-state index in [-0.39, 0.29) is 0 Å². The lowest BCUT2D eigenvalue weighted by molar-refractivity contribution is 0.248. The average Bonchev–Trinajstić information content (AvgIpc) is 2.17. The normalized spacial score (nSPS) is 20.5. The maximum Gasteiger partial charge on any atom is 0.187 e. The maximum atomic E-state index is 5.53. The molecular weight excluding hydrogens is 180 g/mol. The second-order valence-corrected chi connectivity index (χ2v) is 8.73. The van der Waals surface area contributed by atoms with Gasteiger partial charge in [0.1, 0.15) is 0 Å². The number of nitrogens with zero attached hydrogens (tertiary/aromatic N) is 1. The molecule has 1 aliphatic rings. The van der Waals surface area contributed by atoms with Gasteiger partial charge in [0.15, 0.2) is 8.32 Å². The van der Waals surface area contributed by atoms with E-state index in [1.807, 2.05) is 7.11 Å². The van der Waals surface area contributed by atoms with E-state index < -0.39 is 8.32 Å². The highest BCUT2D eigenvalue weighted by Gasteiger charge is 2.21. The van der Waals surface area contributed by atoms with Crippen LogP contribution in [0.3, 0.4) is 0 Å². The molecular formula is C9H22N2OSi. The van der Waals surface area contributed by atoms with Gasteiger partial charge in [-0.1, -0.05) is 0 Å². The molecule has 1 rings (SSSR count). The molecule has 1 aliphatic heterocycles. The van der Waals surface area contributed by atoms with Crippen molar-refractivity contribution < 1.29 is 4.43 Å². The van der Waals surface area contributed by atoms with Crippen molar-refractivity contribution in [2.75, 3.05) is 39.8 Å². The summed E-state index contributed by atoms with van der Waals surface area (Å²) in [5.41, 5.74) is 0. The molecule has 13 heavy (non-hydrogen) atoms. The predicted octanol–water partition coefficient (Wildman–Crippen LogP) is 0.743. The van der Waals surface area contributed by atoms with Gasteiger partial charge in [-0.25, -0.2) is 0 Å². The first-order valence-electron chi connectivity index (χ1n) is 5.12. The summed E-state index contributed by atoms with van der Waals surface area (Å²) in [6.45, 7) is 10.5. The highest BCUT2D eigenvalue weighted by atomic mass is 28.4. The first-order valence-corrected chi connectivity index (χ1v) is 8.24. The van der Waals surface area contributed by atoms with Gasteiger partial charge in [-0.3, -0.25) is 0 Å². The molecule has 0 aromatic rings. The van der Waals surface area contributed by atoms with Crippen molar-refractivity contribution in [3.05, 3.63) is 0 Å². The number of hydrogen-bond acceptors (Lipinski definition) is 3. The number of piperazine rings is 1. The molecule has 0 bridgehead atoms. The molecule has 0 aromatic carbocycles. The molecule has 0 atom stereocenters. The van der Waals surface area contributed by atoms with Crippen molar-refractivity contribution in [1.82, 2.24) is 10.2 Å². The molecule has 1 saturated heterocycles. The van der Waals surface area contributed by atoms with E-state index in [1.165, 1.54) is 25.7 Å². The molecule has 1 N–H and O–H groups in total. The molecule has 3 nitrogen and oxygen atoms in total. The summed E-state index contributed by atoms with van der Waals surface area (Å²) >= 11 is 0. The minimum atomic E-state index is -1.32. The molecule has 1 fully saturated rings. The summed E-state index contributed by atoms with van der Waals surface area (Å²) < 4.78 is 5.53. The third kappa shape index (κ3) is 4.22. The van der Waals surface area contributed by atoms with Crippen molar-refractivity contribution >= 4 is 8.32 Å². The Morgan fingerprint density at radius 2 is 1.92 bits per heavy atom. The Morgan fingerprint density at radius 3 is 2.46 bits per heavy atom. The van der Waals surface area contributed by atoms with Gasteiger partial charge in [0, 0.05) is 33.3 Å². The van der Waals surface area contributed by atoms with Gasteiger partial charge in [0.05, 0.1) is 0 Å². The Balaban J connectivity index is 2.17. The third-order valence-corrected chi connectivity index (χ3v) is 5.33. The van der Waals surface area contributed by atoms with E-state index >= 15 is 0 Å². The summed E-state index contributed by atoms with van der Waals surface area (Å²) in [5, 5.41) is 3.36. The summed E-state index contributed by atoms with van der Waals surface area (Å²) in [5.74, 6) is 0. The lowest BCUT2D eigenvalue weighted by Gasteiger charge is -2.30. The van der Waals surface area contributed by atoms with Crippen LogP contribution in [-0.4, -0.2) is 53.1 Å². The lowest BCUT2D eigenvalue weighted by atomic mass is 10.4. The molecule has 1 heterocycles. The van der Waals surface area contributed by atoms with Crippen molar-refractivity contribution in [2.24, 2.45) is 0 Å². The molecule has 0 aliphatic carbocycles. The molecule has 0 saturated carbocycles. The zero-order valence-corrected chi connectivity index (χ0v) is 10.1. The third-order valence-electron chi connectivity index (χ3n) is 2.79. The largest absolute Gasteiger partial charge is 0.420 e. The summed E-state index contributed by atoms with van der Waals surface area (Å²) in [4.78, 5) is 2.53. The van der Waals surface area contributed by atoms with Crippen LogP contribution < -0.4 is 5.32 Å². The zero-order valence-electron chi connectivity index (χ0n) is 9.10. The van der Waals surface area contributed by atoms with Crippen LogP contribution in [0.1, 0.15) is 0 Å². The van der Waals surface area contributed by atoms with Gasteiger partial charge >= 0.3 is 0 Å². The van der Waals surface area contributed by atoms with Crippen molar-refractivity contribution in [1.29, 1.82) is 0 Å². The van der Waals surface area contributed by atoms with Crippen LogP contribution in [0.15, 0.2) is 0 Å². The van der Waals surface area contributed by atoms with E-state index in [4.69, 9.17) is 4.43 Å². The molecule has 0 spiro atoms. The fourth-order valence-corrected chi connectivity index (χ4v) is 2.52. The Labute approximate surface area is 82.6 Å². The van der Waals surface area contributed by atoms with Crippen LogP contribution in [0.4, 0.5) is 0 Å². The highest BCUT2D eigenvalue weighted by Crippen LogP contribution is 2.10. The summed E-state index contributed by atoms with van der Waals surface area (Å²) in [7, 11) is 0.528. The Bertz CT molecular complexity index is 147. The van der Waals surface area contributed by atoms with Gasteiger partial charge in [-0.05, 0) is 25.7 Å². The Morgan fingerprint density at radius 1 is 1.31 bits per heavy atom. The highest BCUT2D eigenvalue weighted by molar-refractivity contribution is 6.71. The summed E-state index contributed by atoms with van der Waals surface area (Å²) in [6.07, 6.45) is 0. The smallest absolute Gasteiger partial charge is 0.187 e. The van der Waals surface area contributed by atoms with Gasteiger partial charge in [-0.2, -0.15) is 0 Å². The molecule has 0 amide bonds. The van der Waals surface area contributed by atoms with Crippen molar-refractivity contribution in [3.8, 4) is 0 Å². The molecule has 4 heteroatoms. The van der Waals surface area contributed by atoms with Crippen LogP contribution in [0.2, 0.25) is 19.1 Å². The van der Waals surface area contributed by atoms with Gasteiger partial charge in [0.25, 0.3) is 0 Å². The number of nitrogens with one attached hydrogen (secondary N) is 1. The SMILES string of the molecule is CO[Si](C)(C)CCN1CCNCC1. The van der Waals surface area contributed by atoms with Crippen LogP contribution in [-0.2, 0) is 4.43 Å². The Kier molecular flexibility index (Phi) is 4.38. The van der Waals surface area contributed by atoms with Gasteiger partial charge in [-0.15, -0.1) is 0 Å². The second kappa shape index (κ2) is 5.10. The second-order valence-electron chi connectivity index (χ2n) is 4.31. The number of rotatable bonds is 4. The maximum absolute atomic E-state index is 5.53. The van der Waals surface area contributed by atoms with E-state index in [0.29, 0.717) is 0 Å². The number of hydrogen-bond donors (Lipinski definition) is 1. The van der Waals surface area contributed by atoms with E-state index in [9.17, 15) is 0 Å². The minimum absolute atomic E-state index is 1.15. The minimum Gasteiger partial charge on any atom is -0.420 e.